The van der Waals surface area contributed by atoms with Gasteiger partial charge in [-0.1, -0.05) is 62.3 Å². The predicted molar refractivity (Wildman–Crippen MR) is 322 cm³/mol. The van der Waals surface area contributed by atoms with Crippen LogP contribution in [0.25, 0.3) is 0 Å². The molecular formula is C72H117FeO15. The SMILES string of the molecule is C[C@H](CCC(=O)[O-])[C@H]1CC[C@H]2[C@@H]3[C@H](O)C[C@@H]4C[C@H](O)CC[C@]4(C)[C@H]3C[C@H](O)[C@]12C.C[C@H](CCC(=O)[O-])[C@H]1CC[C@H]2[C@@H]3[C@H](O)C[C@@H]4C[C@H](O)CC[C@]4(C)[C@H]3C[C@H](O)[C@]12C.C[C@H](CCC(=O)[O-])[C@H]1CC[C@H]2[C@@H]3[C@H](O)C[C@@H]4C[C@H](O)CC[C@]4(C)[C@H]3C[C@H](O)[C@]12C.[Fe+3]. The van der Waals surface area contributed by atoms with E-state index in [9.17, 15) is 75.7 Å². The van der Waals surface area contributed by atoms with Gasteiger partial charge in [-0.15, -0.1) is 0 Å². The van der Waals surface area contributed by atoms with Crippen molar-refractivity contribution in [2.45, 2.75) is 291 Å². The first kappa shape index (κ1) is 70.9. The molecule has 9 N–H and O–H groups in total. The summed E-state index contributed by atoms with van der Waals surface area (Å²) in [6.07, 6.45) is 17.2. The smallest absolute Gasteiger partial charge is 0.550 e. The van der Waals surface area contributed by atoms with E-state index in [0.717, 1.165) is 135 Å². The normalized spacial score (nSPS) is 52.3. The fourth-order valence-electron chi connectivity index (χ4n) is 26.0. The van der Waals surface area contributed by atoms with Crippen LogP contribution in [-0.4, -0.2) is 119 Å². The number of hydrogen-bond donors (Lipinski definition) is 9. The number of carbonyl (C=O) groups is 3. The van der Waals surface area contributed by atoms with Gasteiger partial charge in [-0.25, -0.2) is 0 Å². The summed E-state index contributed by atoms with van der Waals surface area (Å²) in [7, 11) is 0. The van der Waals surface area contributed by atoms with Crippen LogP contribution in [0.15, 0.2) is 0 Å². The summed E-state index contributed by atoms with van der Waals surface area (Å²) in [5.41, 5.74) is -0.515. The van der Waals surface area contributed by atoms with E-state index < -0.39 is 36.2 Å². The molecule has 0 unspecified atom stereocenters. The molecule has 12 fully saturated rings. The molecule has 0 spiro atoms. The Labute approximate surface area is 537 Å². The number of aliphatic hydroxyl groups excluding tert-OH is 9. The van der Waals surface area contributed by atoms with Crippen molar-refractivity contribution in [3.05, 3.63) is 0 Å². The number of carboxylic acids is 3. The Morgan fingerprint density at radius 2 is 0.602 bits per heavy atom. The number of aliphatic hydroxyl groups is 9. The van der Waals surface area contributed by atoms with E-state index in [1.165, 1.54) is 0 Å². The zero-order chi connectivity index (χ0) is 63.4. The van der Waals surface area contributed by atoms with Gasteiger partial charge in [-0.3, -0.25) is 0 Å². The van der Waals surface area contributed by atoms with Gasteiger partial charge >= 0.3 is 17.1 Å². The van der Waals surface area contributed by atoms with E-state index in [1.54, 1.807) is 0 Å². The van der Waals surface area contributed by atoms with Gasteiger partial charge in [0.2, 0.25) is 0 Å². The third-order valence-electron chi connectivity index (χ3n) is 31.0. The van der Waals surface area contributed by atoms with Crippen molar-refractivity contribution in [3.63, 3.8) is 0 Å². The average Bonchev–Trinajstić information content (AvgIpc) is 1.30. The van der Waals surface area contributed by atoms with Crippen molar-refractivity contribution in [3.8, 4) is 0 Å². The van der Waals surface area contributed by atoms with Crippen LogP contribution in [0.2, 0.25) is 0 Å². The average molecular weight is 1280 g/mol. The Bertz CT molecular complexity index is 2170. The van der Waals surface area contributed by atoms with Gasteiger partial charge in [0.25, 0.3) is 0 Å². The maximum Gasteiger partial charge on any atom is 3.00 e. The monoisotopic (exact) mass is 1280 g/mol. The molecule has 0 aromatic rings. The fourth-order valence-corrected chi connectivity index (χ4v) is 26.0. The Hall–Kier alpha value is -1.43. The molecule has 0 bridgehead atoms. The summed E-state index contributed by atoms with van der Waals surface area (Å²) in [5, 5.41) is 132. The molecule has 88 heavy (non-hydrogen) atoms. The molecule has 0 saturated heterocycles. The predicted octanol–water partition coefficient (Wildman–Crippen LogP) is 6.34. The van der Waals surface area contributed by atoms with E-state index in [0.29, 0.717) is 54.8 Å². The standard InChI is InChI=1S/3C24H40O5.Fe/c3*1-13(4-7-21(28)29)16-5-6-17-22-18(12-20(27)24(16,17)3)23(2)9-8-15(25)10-14(23)11-19(22)26;/h3*13-20,22,25-27H,4-12H2,1-3H3,(H,28,29);/q;;;+3/p-3/t3*13-,14+,15-,16-,17+,18+,19-,20+,22+,23+,24-;/m111./s1. The van der Waals surface area contributed by atoms with Crippen LogP contribution in [0, 0.1) is 139 Å². The second kappa shape index (κ2) is 26.6. The van der Waals surface area contributed by atoms with Crippen molar-refractivity contribution in [1.29, 1.82) is 0 Å². The maximum absolute atomic E-state index is 11.5. The van der Waals surface area contributed by atoms with E-state index in [1.807, 2.05) is 0 Å². The summed E-state index contributed by atoms with van der Waals surface area (Å²) in [6.45, 7) is 20.0. The van der Waals surface area contributed by atoms with Crippen LogP contribution in [0.5, 0.6) is 0 Å². The zero-order valence-corrected chi connectivity index (χ0v) is 56.1. The molecule has 12 saturated carbocycles. The first-order chi connectivity index (χ1) is 40.8. The van der Waals surface area contributed by atoms with Crippen LogP contribution in [0.4, 0.5) is 0 Å². The fraction of sp³-hybridized carbons (Fsp3) is 0.958. The molecule has 0 amide bonds. The Balaban J connectivity index is 0.000000156. The minimum absolute atomic E-state index is 0. The zero-order valence-electron chi connectivity index (χ0n) is 55.0. The van der Waals surface area contributed by atoms with Gasteiger partial charge in [0.05, 0.1) is 54.9 Å². The van der Waals surface area contributed by atoms with E-state index in [4.69, 9.17) is 0 Å². The minimum Gasteiger partial charge on any atom is -0.550 e. The van der Waals surface area contributed by atoms with Crippen LogP contribution >= 0.6 is 0 Å². The van der Waals surface area contributed by atoms with Crippen molar-refractivity contribution < 1.29 is 92.7 Å². The molecule has 0 aromatic carbocycles. The largest absolute Gasteiger partial charge is 3.00 e. The van der Waals surface area contributed by atoms with Gasteiger partial charge in [-0.2, -0.15) is 0 Å². The van der Waals surface area contributed by atoms with Crippen LogP contribution < -0.4 is 15.3 Å². The Morgan fingerprint density at radius 3 is 0.830 bits per heavy atom. The van der Waals surface area contributed by atoms with E-state index in [-0.39, 0.29) is 176 Å². The molecule has 12 rings (SSSR count). The molecule has 1 radical (unpaired) electrons. The molecular weight excluding hydrogens is 1160 g/mol. The number of fused-ring (bicyclic) bond motifs is 15. The third kappa shape index (κ3) is 12.1. The Morgan fingerprint density at radius 1 is 0.364 bits per heavy atom. The van der Waals surface area contributed by atoms with Gasteiger partial charge in [0.1, 0.15) is 0 Å². The number of carboxylic acid groups (broad SMARTS) is 3. The van der Waals surface area contributed by atoms with Crippen LogP contribution in [-0.2, 0) is 31.5 Å². The van der Waals surface area contributed by atoms with Crippen molar-refractivity contribution >= 4 is 17.9 Å². The first-order valence-corrected chi connectivity index (χ1v) is 35.5. The molecule has 12 aliphatic rings. The van der Waals surface area contributed by atoms with Crippen LogP contribution in [0.1, 0.15) is 236 Å². The van der Waals surface area contributed by atoms with E-state index in [2.05, 4.69) is 62.3 Å². The van der Waals surface area contributed by atoms with Gasteiger partial charge in [0, 0.05) is 17.9 Å². The first-order valence-electron chi connectivity index (χ1n) is 35.5. The second-order valence-corrected chi connectivity index (χ2v) is 34.2. The number of rotatable bonds is 12. The summed E-state index contributed by atoms with van der Waals surface area (Å²) in [6, 6.07) is 0. The number of carbonyl (C=O) groups excluding carboxylic acids is 3. The van der Waals surface area contributed by atoms with Crippen LogP contribution in [0.3, 0.4) is 0 Å². The second-order valence-electron chi connectivity index (χ2n) is 34.2. The van der Waals surface area contributed by atoms with Gasteiger partial charge in [0.15, 0.2) is 0 Å². The van der Waals surface area contributed by atoms with E-state index >= 15 is 0 Å². The summed E-state index contributed by atoms with van der Waals surface area (Å²) >= 11 is 0. The topological polar surface area (TPSA) is 302 Å². The molecule has 15 nitrogen and oxygen atoms in total. The molecule has 0 aromatic heterocycles. The molecule has 503 valence electrons. The molecule has 12 aliphatic carbocycles. The molecule has 16 heteroatoms. The van der Waals surface area contributed by atoms with Gasteiger partial charge < -0.3 is 75.7 Å². The quantitative estimate of drug-likeness (QED) is 0.0964. The number of hydrogen-bond acceptors (Lipinski definition) is 15. The Kier molecular flexibility index (Phi) is 21.5. The summed E-state index contributed by atoms with van der Waals surface area (Å²) < 4.78 is 0. The third-order valence-corrected chi connectivity index (χ3v) is 31.0. The van der Waals surface area contributed by atoms with Gasteiger partial charge in [-0.05, 0) is 312 Å². The summed E-state index contributed by atoms with van der Waals surface area (Å²) in [5.74, 6) is 1.90. The van der Waals surface area contributed by atoms with Crippen molar-refractivity contribution in [1.82, 2.24) is 0 Å². The van der Waals surface area contributed by atoms with Crippen molar-refractivity contribution in [2.75, 3.05) is 0 Å². The molecule has 0 aliphatic heterocycles. The molecule has 33 atom stereocenters. The minimum atomic E-state index is -0.998. The number of aliphatic carboxylic acids is 3. The van der Waals surface area contributed by atoms with Crippen molar-refractivity contribution in [2.24, 2.45) is 139 Å². The molecule has 0 heterocycles. The maximum atomic E-state index is 11.5. The summed E-state index contributed by atoms with van der Waals surface area (Å²) in [4.78, 5) is 32.9.